The van der Waals surface area contributed by atoms with Gasteiger partial charge in [-0.3, -0.25) is 4.79 Å². The number of aryl methyl sites for hydroxylation is 3. The molecule has 3 aromatic rings. The van der Waals surface area contributed by atoms with Gasteiger partial charge in [0, 0.05) is 5.56 Å². The summed E-state index contributed by atoms with van der Waals surface area (Å²) in [5.41, 5.74) is 7.00. The molecular formula is C25H24O3. The number of ketones is 1. The Morgan fingerprint density at radius 2 is 1.54 bits per heavy atom. The van der Waals surface area contributed by atoms with Crippen LogP contribution >= 0.6 is 0 Å². The van der Waals surface area contributed by atoms with Gasteiger partial charge in [-0.1, -0.05) is 48.0 Å². The maximum Gasteiger partial charge on any atom is 0.170 e. The molecule has 3 heteroatoms. The van der Waals surface area contributed by atoms with Gasteiger partial charge in [0.1, 0.15) is 17.6 Å². The molecule has 0 aliphatic carbocycles. The molecule has 1 aliphatic rings. The Morgan fingerprint density at radius 1 is 0.893 bits per heavy atom. The Labute approximate surface area is 165 Å². The minimum Gasteiger partial charge on any atom is -0.497 e. The number of fused-ring (bicyclic) bond motifs is 1. The molecule has 0 aromatic heterocycles. The van der Waals surface area contributed by atoms with Gasteiger partial charge in [-0.05, 0) is 55.2 Å². The number of methoxy groups -OCH3 is 1. The lowest BCUT2D eigenvalue weighted by atomic mass is 9.87. The summed E-state index contributed by atoms with van der Waals surface area (Å²) in [7, 11) is 1.65. The van der Waals surface area contributed by atoms with E-state index >= 15 is 0 Å². The van der Waals surface area contributed by atoms with Crippen LogP contribution in [0.25, 0.3) is 11.1 Å². The summed E-state index contributed by atoms with van der Waals surface area (Å²) in [6.07, 6.45) is 0.0981. The quantitative estimate of drug-likeness (QED) is 0.566. The molecule has 0 radical (unpaired) electrons. The van der Waals surface area contributed by atoms with Crippen molar-refractivity contribution in [2.45, 2.75) is 33.3 Å². The SMILES string of the molecule is COc1ccc(-c2c(C)cc(C)c3c2OC(c2ccc(C)cc2)CC3=O)cc1. The summed E-state index contributed by atoms with van der Waals surface area (Å²) in [5.74, 6) is 1.64. The highest BCUT2D eigenvalue weighted by molar-refractivity contribution is 6.04. The van der Waals surface area contributed by atoms with Gasteiger partial charge < -0.3 is 9.47 Å². The monoisotopic (exact) mass is 372 g/mol. The second-order valence-electron chi connectivity index (χ2n) is 7.46. The van der Waals surface area contributed by atoms with Crippen LogP contribution in [0.2, 0.25) is 0 Å². The van der Waals surface area contributed by atoms with Gasteiger partial charge in [0.15, 0.2) is 5.78 Å². The van der Waals surface area contributed by atoms with E-state index in [-0.39, 0.29) is 11.9 Å². The standard InChI is InChI=1S/C25H24O3/c1-15-5-7-18(8-6-15)22-14-21(26)24-17(3)13-16(2)23(25(24)28-22)19-9-11-20(27-4)12-10-19/h5-13,22H,14H2,1-4H3. The van der Waals surface area contributed by atoms with E-state index in [1.54, 1.807) is 7.11 Å². The Hall–Kier alpha value is -3.07. The van der Waals surface area contributed by atoms with Crippen molar-refractivity contribution in [3.8, 4) is 22.6 Å². The Morgan fingerprint density at radius 3 is 2.18 bits per heavy atom. The number of hydrogen-bond acceptors (Lipinski definition) is 3. The lowest BCUT2D eigenvalue weighted by Gasteiger charge is -2.29. The zero-order chi connectivity index (χ0) is 19.8. The fourth-order valence-electron chi connectivity index (χ4n) is 3.95. The normalized spacial score (nSPS) is 15.7. The molecule has 28 heavy (non-hydrogen) atoms. The predicted molar refractivity (Wildman–Crippen MR) is 111 cm³/mol. The second kappa shape index (κ2) is 7.16. The molecule has 0 fully saturated rings. The predicted octanol–water partition coefficient (Wildman–Crippen LogP) is 5.99. The first-order chi connectivity index (χ1) is 13.5. The molecule has 0 spiro atoms. The minimum atomic E-state index is -0.265. The summed E-state index contributed by atoms with van der Waals surface area (Å²) in [6.45, 7) is 6.10. The average molecular weight is 372 g/mol. The third kappa shape index (κ3) is 3.18. The summed E-state index contributed by atoms with van der Waals surface area (Å²) >= 11 is 0. The molecule has 0 bridgehead atoms. The number of carbonyl (C=O) groups excluding carboxylic acids is 1. The summed E-state index contributed by atoms with van der Waals surface area (Å²) in [4.78, 5) is 13.1. The van der Waals surface area contributed by atoms with Crippen molar-refractivity contribution in [3.63, 3.8) is 0 Å². The molecule has 1 atom stereocenters. The smallest absolute Gasteiger partial charge is 0.170 e. The van der Waals surface area contributed by atoms with Crippen LogP contribution in [0.4, 0.5) is 0 Å². The van der Waals surface area contributed by atoms with Crippen LogP contribution in [0.1, 0.15) is 45.1 Å². The zero-order valence-corrected chi connectivity index (χ0v) is 16.7. The first-order valence-electron chi connectivity index (χ1n) is 9.53. The first kappa shape index (κ1) is 18.3. The Kier molecular flexibility index (Phi) is 4.68. The highest BCUT2D eigenvalue weighted by Crippen LogP contribution is 2.45. The van der Waals surface area contributed by atoms with Crippen molar-refractivity contribution < 1.29 is 14.3 Å². The van der Waals surface area contributed by atoms with Gasteiger partial charge >= 0.3 is 0 Å². The van der Waals surface area contributed by atoms with Crippen molar-refractivity contribution in [2.75, 3.05) is 7.11 Å². The van der Waals surface area contributed by atoms with Gasteiger partial charge in [0.2, 0.25) is 0 Å². The van der Waals surface area contributed by atoms with Crippen molar-refractivity contribution in [1.82, 2.24) is 0 Å². The number of ether oxygens (including phenoxy) is 2. The van der Waals surface area contributed by atoms with E-state index in [9.17, 15) is 4.79 Å². The molecule has 0 saturated carbocycles. The Bertz CT molecular complexity index is 1030. The molecule has 0 amide bonds. The zero-order valence-electron chi connectivity index (χ0n) is 16.7. The molecule has 4 rings (SSSR count). The number of benzene rings is 3. The van der Waals surface area contributed by atoms with E-state index in [0.717, 1.165) is 33.6 Å². The van der Waals surface area contributed by atoms with Gasteiger partial charge in [-0.2, -0.15) is 0 Å². The number of hydrogen-bond donors (Lipinski definition) is 0. The Balaban J connectivity index is 1.85. The van der Waals surface area contributed by atoms with Crippen molar-refractivity contribution >= 4 is 5.78 Å². The van der Waals surface area contributed by atoms with Crippen molar-refractivity contribution in [2.24, 2.45) is 0 Å². The number of rotatable bonds is 3. The van der Waals surface area contributed by atoms with Crippen LogP contribution in [0.5, 0.6) is 11.5 Å². The molecular weight excluding hydrogens is 348 g/mol. The molecule has 0 saturated heterocycles. The second-order valence-corrected chi connectivity index (χ2v) is 7.46. The van der Waals surface area contributed by atoms with Gasteiger partial charge in [0.25, 0.3) is 0 Å². The van der Waals surface area contributed by atoms with Crippen molar-refractivity contribution in [1.29, 1.82) is 0 Å². The van der Waals surface area contributed by atoms with Crippen molar-refractivity contribution in [3.05, 3.63) is 82.4 Å². The topological polar surface area (TPSA) is 35.5 Å². The third-order valence-electron chi connectivity index (χ3n) is 5.41. The van der Waals surface area contributed by atoms with E-state index in [1.165, 1.54) is 5.56 Å². The van der Waals surface area contributed by atoms with E-state index < -0.39 is 0 Å². The largest absolute Gasteiger partial charge is 0.497 e. The van der Waals surface area contributed by atoms with Crippen LogP contribution in [0.15, 0.2) is 54.6 Å². The average Bonchev–Trinajstić information content (AvgIpc) is 2.68. The first-order valence-corrected chi connectivity index (χ1v) is 9.53. The van der Waals surface area contributed by atoms with E-state index in [2.05, 4.69) is 32.0 Å². The molecule has 0 N–H and O–H groups in total. The molecule has 1 unspecified atom stereocenters. The maximum absolute atomic E-state index is 13.1. The minimum absolute atomic E-state index is 0.138. The van der Waals surface area contributed by atoms with Crippen LogP contribution in [-0.2, 0) is 0 Å². The highest BCUT2D eigenvalue weighted by Gasteiger charge is 2.32. The summed E-state index contributed by atoms with van der Waals surface area (Å²) in [6, 6.07) is 18.2. The third-order valence-corrected chi connectivity index (χ3v) is 5.41. The lowest BCUT2D eigenvalue weighted by molar-refractivity contribution is 0.0850. The van der Waals surface area contributed by atoms with Crippen LogP contribution in [0, 0.1) is 20.8 Å². The summed E-state index contributed by atoms with van der Waals surface area (Å²) < 4.78 is 11.8. The molecule has 3 nitrogen and oxygen atoms in total. The van der Waals surface area contributed by atoms with Crippen LogP contribution in [-0.4, -0.2) is 12.9 Å². The molecule has 1 aliphatic heterocycles. The van der Waals surface area contributed by atoms with Crippen LogP contribution < -0.4 is 9.47 Å². The molecule has 3 aromatic carbocycles. The maximum atomic E-state index is 13.1. The fourth-order valence-corrected chi connectivity index (χ4v) is 3.95. The van der Waals surface area contributed by atoms with Gasteiger partial charge in [-0.15, -0.1) is 0 Å². The highest BCUT2D eigenvalue weighted by atomic mass is 16.5. The van der Waals surface area contributed by atoms with Gasteiger partial charge in [-0.25, -0.2) is 0 Å². The van der Waals surface area contributed by atoms with E-state index in [0.29, 0.717) is 17.7 Å². The molecule has 1 heterocycles. The van der Waals surface area contributed by atoms with Crippen LogP contribution in [0.3, 0.4) is 0 Å². The molecule has 142 valence electrons. The van der Waals surface area contributed by atoms with E-state index in [1.807, 2.05) is 43.3 Å². The fraction of sp³-hybridized carbons (Fsp3) is 0.240. The lowest BCUT2D eigenvalue weighted by Crippen LogP contribution is -2.22. The number of carbonyl (C=O) groups is 1. The van der Waals surface area contributed by atoms with E-state index in [4.69, 9.17) is 9.47 Å². The number of Topliss-reactive ketones (excluding diaryl/α,β-unsaturated/α-hetero) is 1. The summed E-state index contributed by atoms with van der Waals surface area (Å²) in [5, 5.41) is 0. The van der Waals surface area contributed by atoms with Gasteiger partial charge in [0.05, 0.1) is 19.1 Å².